The predicted molar refractivity (Wildman–Crippen MR) is 74.6 cm³/mol. The average molecular weight is 269 g/mol. The van der Waals surface area contributed by atoms with Crippen molar-refractivity contribution in [3.8, 4) is 11.5 Å². The molecule has 0 aromatic heterocycles. The number of rotatable bonds is 5. The number of nitrogens with zero attached hydrogens (tertiary/aromatic N) is 1. The van der Waals surface area contributed by atoms with Crippen LogP contribution < -0.4 is 9.47 Å². The van der Waals surface area contributed by atoms with Crippen LogP contribution in [0.4, 0.5) is 0 Å². The number of carbonyl (C=O) groups is 1. The lowest BCUT2D eigenvalue weighted by atomic mass is 10.1. The first-order valence-electron chi connectivity index (χ1n) is 5.59. The van der Waals surface area contributed by atoms with Crippen LogP contribution in [0, 0.1) is 6.92 Å². The number of hydrogen-bond acceptors (Lipinski definition) is 4. The summed E-state index contributed by atoms with van der Waals surface area (Å²) in [5.41, 5.74) is 2.09. The molecule has 18 heavy (non-hydrogen) atoms. The van der Waals surface area contributed by atoms with Gasteiger partial charge >= 0.3 is 0 Å². The van der Waals surface area contributed by atoms with E-state index in [2.05, 4.69) is 12.6 Å². The van der Waals surface area contributed by atoms with E-state index in [4.69, 9.17) is 9.47 Å². The Bertz CT molecular complexity index is 434. The summed E-state index contributed by atoms with van der Waals surface area (Å²) in [6.45, 7) is 2.52. The van der Waals surface area contributed by atoms with E-state index in [1.807, 2.05) is 19.1 Å². The van der Waals surface area contributed by atoms with Gasteiger partial charge in [0, 0.05) is 13.6 Å². The van der Waals surface area contributed by atoms with E-state index in [0.29, 0.717) is 18.0 Å². The molecule has 1 aromatic rings. The Balaban J connectivity index is 2.99. The van der Waals surface area contributed by atoms with Crippen molar-refractivity contribution in [2.45, 2.75) is 13.5 Å². The Morgan fingerprint density at radius 2 is 1.83 bits per heavy atom. The highest BCUT2D eigenvalue weighted by molar-refractivity contribution is 7.81. The smallest absolute Gasteiger partial charge is 0.232 e. The molecular formula is C13H19NO3S. The molecule has 0 saturated carbocycles. The predicted octanol–water partition coefficient (Wildman–Crippen LogP) is 1.90. The Morgan fingerprint density at radius 3 is 2.33 bits per heavy atom. The number of hydrogen-bond donors (Lipinski definition) is 1. The van der Waals surface area contributed by atoms with E-state index >= 15 is 0 Å². The van der Waals surface area contributed by atoms with Crippen molar-refractivity contribution in [2.24, 2.45) is 0 Å². The molecule has 1 amide bonds. The first-order valence-corrected chi connectivity index (χ1v) is 6.23. The van der Waals surface area contributed by atoms with Gasteiger partial charge in [-0.2, -0.15) is 12.6 Å². The number of benzene rings is 1. The van der Waals surface area contributed by atoms with Gasteiger partial charge in [0.2, 0.25) is 5.91 Å². The van der Waals surface area contributed by atoms with Crippen molar-refractivity contribution in [1.82, 2.24) is 4.90 Å². The molecule has 1 rings (SSSR count). The Morgan fingerprint density at radius 1 is 1.28 bits per heavy atom. The zero-order chi connectivity index (χ0) is 13.7. The van der Waals surface area contributed by atoms with Crippen molar-refractivity contribution >= 4 is 18.5 Å². The van der Waals surface area contributed by atoms with Crippen molar-refractivity contribution in [1.29, 1.82) is 0 Å². The van der Waals surface area contributed by atoms with Crippen LogP contribution in [0.1, 0.15) is 11.1 Å². The van der Waals surface area contributed by atoms with Crippen LogP contribution in [0.3, 0.4) is 0 Å². The maximum Gasteiger partial charge on any atom is 0.232 e. The van der Waals surface area contributed by atoms with Crippen molar-refractivity contribution in [3.63, 3.8) is 0 Å². The van der Waals surface area contributed by atoms with Gasteiger partial charge in [-0.05, 0) is 30.2 Å². The Hall–Kier alpha value is -1.36. The summed E-state index contributed by atoms with van der Waals surface area (Å²) < 4.78 is 10.5. The van der Waals surface area contributed by atoms with Crippen molar-refractivity contribution < 1.29 is 14.3 Å². The number of carbonyl (C=O) groups excluding carboxylic acids is 1. The van der Waals surface area contributed by atoms with Crippen LogP contribution in [-0.4, -0.2) is 37.8 Å². The second-order valence-electron chi connectivity index (χ2n) is 4.04. The third-order valence-electron chi connectivity index (χ3n) is 2.81. The quantitative estimate of drug-likeness (QED) is 0.830. The van der Waals surface area contributed by atoms with Gasteiger partial charge in [0.1, 0.15) is 0 Å². The molecule has 0 bridgehead atoms. The number of aryl methyl sites for hydroxylation is 1. The standard InChI is InChI=1S/C13H19NO3S/c1-9-5-11(16-3)12(17-4)6-10(9)7-14(2)13(15)8-18/h5-6,18H,7-8H2,1-4H3. The van der Waals surface area contributed by atoms with E-state index in [9.17, 15) is 4.79 Å². The third-order valence-corrected chi connectivity index (χ3v) is 3.08. The molecule has 5 heteroatoms. The monoisotopic (exact) mass is 269 g/mol. The lowest BCUT2D eigenvalue weighted by Gasteiger charge is -2.19. The fourth-order valence-electron chi connectivity index (χ4n) is 1.66. The SMILES string of the molecule is COc1cc(C)c(CN(C)C(=O)CS)cc1OC. The number of methoxy groups -OCH3 is 2. The molecule has 0 spiro atoms. The normalized spacial score (nSPS) is 10.1. The summed E-state index contributed by atoms with van der Waals surface area (Å²) >= 11 is 3.98. The van der Waals surface area contributed by atoms with Crippen molar-refractivity contribution in [2.75, 3.05) is 27.0 Å². The Kier molecular flexibility index (Phi) is 5.34. The van der Waals surface area contributed by atoms with Crippen LogP contribution >= 0.6 is 12.6 Å². The molecule has 0 aliphatic heterocycles. The van der Waals surface area contributed by atoms with Gasteiger partial charge in [0.05, 0.1) is 20.0 Å². The van der Waals surface area contributed by atoms with E-state index < -0.39 is 0 Å². The summed E-state index contributed by atoms with van der Waals surface area (Å²) in [5, 5.41) is 0. The molecule has 0 heterocycles. The van der Waals surface area contributed by atoms with Crippen LogP contribution in [0.15, 0.2) is 12.1 Å². The fraction of sp³-hybridized carbons (Fsp3) is 0.462. The second-order valence-corrected chi connectivity index (χ2v) is 4.36. The summed E-state index contributed by atoms with van der Waals surface area (Å²) in [6.07, 6.45) is 0. The van der Waals surface area contributed by atoms with Crippen molar-refractivity contribution in [3.05, 3.63) is 23.3 Å². The maximum atomic E-state index is 11.5. The molecule has 0 aliphatic rings. The van der Waals surface area contributed by atoms with E-state index in [-0.39, 0.29) is 11.7 Å². The number of ether oxygens (including phenoxy) is 2. The highest BCUT2D eigenvalue weighted by atomic mass is 32.1. The largest absolute Gasteiger partial charge is 0.493 e. The molecule has 1 aromatic carbocycles. The number of thiol groups is 1. The van der Waals surface area contributed by atoms with Gasteiger partial charge in [0.15, 0.2) is 11.5 Å². The topological polar surface area (TPSA) is 38.8 Å². The molecule has 0 aliphatic carbocycles. The van der Waals surface area contributed by atoms with Gasteiger partial charge in [-0.3, -0.25) is 4.79 Å². The molecular weight excluding hydrogens is 250 g/mol. The van der Waals surface area contributed by atoms with E-state index in [1.165, 1.54) is 0 Å². The van der Waals surface area contributed by atoms with Crippen LogP contribution in [0.25, 0.3) is 0 Å². The van der Waals surface area contributed by atoms with E-state index in [0.717, 1.165) is 11.1 Å². The molecule has 0 saturated heterocycles. The summed E-state index contributed by atoms with van der Waals surface area (Å²) in [7, 11) is 4.96. The lowest BCUT2D eigenvalue weighted by Crippen LogP contribution is -2.27. The van der Waals surface area contributed by atoms with Crippen LogP contribution in [0.5, 0.6) is 11.5 Å². The minimum absolute atomic E-state index is 0.00693. The third kappa shape index (κ3) is 3.32. The Labute approximate surface area is 113 Å². The van der Waals surface area contributed by atoms with E-state index in [1.54, 1.807) is 26.2 Å². The summed E-state index contributed by atoms with van der Waals surface area (Å²) in [6, 6.07) is 3.81. The van der Waals surface area contributed by atoms with Crippen LogP contribution in [-0.2, 0) is 11.3 Å². The maximum absolute atomic E-state index is 11.5. The molecule has 4 nitrogen and oxygen atoms in total. The molecule has 0 fully saturated rings. The molecule has 0 N–H and O–H groups in total. The first-order chi connectivity index (χ1) is 8.53. The minimum Gasteiger partial charge on any atom is -0.493 e. The second kappa shape index (κ2) is 6.54. The lowest BCUT2D eigenvalue weighted by molar-refractivity contribution is -0.127. The minimum atomic E-state index is -0.00693. The zero-order valence-corrected chi connectivity index (χ0v) is 12.1. The van der Waals surface area contributed by atoms with Gasteiger partial charge < -0.3 is 14.4 Å². The highest BCUT2D eigenvalue weighted by Crippen LogP contribution is 2.30. The van der Waals surface area contributed by atoms with Gasteiger partial charge in [0.25, 0.3) is 0 Å². The molecule has 100 valence electrons. The number of amides is 1. The highest BCUT2D eigenvalue weighted by Gasteiger charge is 2.12. The average Bonchev–Trinajstić information content (AvgIpc) is 2.39. The summed E-state index contributed by atoms with van der Waals surface area (Å²) in [5.74, 6) is 1.57. The van der Waals surface area contributed by atoms with Crippen LogP contribution in [0.2, 0.25) is 0 Å². The first kappa shape index (κ1) is 14.7. The fourth-order valence-corrected chi connectivity index (χ4v) is 1.90. The molecule has 0 unspecified atom stereocenters. The molecule has 0 radical (unpaired) electrons. The summed E-state index contributed by atoms with van der Waals surface area (Å²) in [4.78, 5) is 13.1. The van der Waals surface area contributed by atoms with Gasteiger partial charge in [-0.1, -0.05) is 0 Å². The van der Waals surface area contributed by atoms with Gasteiger partial charge in [-0.25, -0.2) is 0 Å². The molecule has 0 atom stereocenters. The zero-order valence-electron chi connectivity index (χ0n) is 11.2. The van der Waals surface area contributed by atoms with Gasteiger partial charge in [-0.15, -0.1) is 0 Å².